The number of hydrogen-bond donors (Lipinski definition) is 2. The minimum absolute atomic E-state index is 0.145. The Balaban J connectivity index is 2.28. The average molecular weight is 284 g/mol. The molecule has 1 saturated heterocycles. The fraction of sp³-hybridized carbons (Fsp3) is 0.417. The molecular formula is C12H16N2O2S2. The first-order valence-corrected chi connectivity index (χ1v) is 7.92. The molecule has 1 aromatic carbocycles. The van der Waals surface area contributed by atoms with E-state index in [1.807, 2.05) is 31.2 Å². The van der Waals surface area contributed by atoms with Gasteiger partial charge in [-0.05, 0) is 25.5 Å². The summed E-state index contributed by atoms with van der Waals surface area (Å²) in [6, 6.07) is 7.42. The summed E-state index contributed by atoms with van der Waals surface area (Å²) < 4.78 is 23.1. The van der Waals surface area contributed by atoms with Gasteiger partial charge in [0.1, 0.15) is 4.99 Å². The molecule has 2 rings (SSSR count). The first-order valence-electron chi connectivity index (χ1n) is 5.69. The molecule has 0 aromatic heterocycles. The lowest BCUT2D eigenvalue weighted by atomic mass is 10.0. The summed E-state index contributed by atoms with van der Waals surface area (Å²) in [5.74, 6) is 0.372. The molecular weight excluding hydrogens is 268 g/mol. The Morgan fingerprint density at radius 1 is 1.44 bits per heavy atom. The first-order chi connectivity index (χ1) is 8.31. The van der Waals surface area contributed by atoms with Crippen LogP contribution in [0.4, 0.5) is 5.69 Å². The lowest BCUT2D eigenvalue weighted by Gasteiger charge is -2.26. The molecule has 0 spiro atoms. The number of benzene rings is 1. The highest BCUT2D eigenvalue weighted by molar-refractivity contribution is 7.91. The van der Waals surface area contributed by atoms with Crippen LogP contribution < -0.4 is 11.1 Å². The van der Waals surface area contributed by atoms with Gasteiger partial charge in [-0.1, -0.05) is 24.4 Å². The Bertz CT molecular complexity index is 583. The third kappa shape index (κ3) is 2.81. The minimum atomic E-state index is -2.93. The molecule has 1 heterocycles. The van der Waals surface area contributed by atoms with E-state index in [2.05, 4.69) is 5.32 Å². The first kappa shape index (κ1) is 13.3. The Morgan fingerprint density at radius 2 is 2.11 bits per heavy atom. The molecule has 0 aliphatic carbocycles. The second kappa shape index (κ2) is 4.51. The predicted molar refractivity (Wildman–Crippen MR) is 77.6 cm³/mol. The van der Waals surface area contributed by atoms with E-state index < -0.39 is 15.4 Å². The molecule has 98 valence electrons. The summed E-state index contributed by atoms with van der Waals surface area (Å²) in [5, 5.41) is 3.28. The van der Waals surface area contributed by atoms with Crippen LogP contribution in [0.3, 0.4) is 0 Å². The van der Waals surface area contributed by atoms with Gasteiger partial charge in [-0.25, -0.2) is 8.42 Å². The third-order valence-corrected chi connectivity index (χ3v) is 5.26. The van der Waals surface area contributed by atoms with E-state index in [1.165, 1.54) is 0 Å². The van der Waals surface area contributed by atoms with Gasteiger partial charge in [0.05, 0.1) is 11.5 Å². The van der Waals surface area contributed by atoms with E-state index in [0.717, 1.165) is 11.3 Å². The van der Waals surface area contributed by atoms with Crippen LogP contribution >= 0.6 is 12.2 Å². The minimum Gasteiger partial charge on any atom is -0.389 e. The largest absolute Gasteiger partial charge is 0.389 e. The fourth-order valence-electron chi connectivity index (χ4n) is 2.24. The monoisotopic (exact) mass is 284 g/mol. The number of nitrogens with two attached hydrogens (primary N) is 1. The number of sulfone groups is 1. The third-order valence-electron chi connectivity index (χ3n) is 3.13. The highest BCUT2D eigenvalue weighted by Crippen LogP contribution is 2.28. The standard InChI is InChI=1S/C12H16N2O2S2/c1-12(6-7-18(15,16)8-12)14-10-5-3-2-4-9(10)11(13)17/h2-5,14H,6-8H2,1H3,(H2,13,17). The molecule has 0 radical (unpaired) electrons. The van der Waals surface area contributed by atoms with Crippen LogP contribution in [0, 0.1) is 0 Å². The van der Waals surface area contributed by atoms with Crippen LogP contribution in [0.5, 0.6) is 0 Å². The molecule has 1 atom stereocenters. The van der Waals surface area contributed by atoms with Crippen molar-refractivity contribution in [2.24, 2.45) is 5.73 Å². The van der Waals surface area contributed by atoms with Gasteiger partial charge in [-0.2, -0.15) is 0 Å². The van der Waals surface area contributed by atoms with Crippen LogP contribution in [0.1, 0.15) is 18.9 Å². The molecule has 0 bridgehead atoms. The Morgan fingerprint density at radius 3 is 2.67 bits per heavy atom. The molecule has 3 N–H and O–H groups in total. The number of hydrogen-bond acceptors (Lipinski definition) is 4. The Kier molecular flexibility index (Phi) is 3.33. The van der Waals surface area contributed by atoms with Crippen molar-refractivity contribution < 1.29 is 8.42 Å². The maximum atomic E-state index is 11.6. The van der Waals surface area contributed by atoms with Gasteiger partial charge in [0.15, 0.2) is 9.84 Å². The lowest BCUT2D eigenvalue weighted by molar-refractivity contribution is 0.574. The van der Waals surface area contributed by atoms with E-state index in [4.69, 9.17) is 18.0 Å². The second-order valence-corrected chi connectivity index (χ2v) is 7.56. The van der Waals surface area contributed by atoms with Crippen molar-refractivity contribution in [2.75, 3.05) is 16.8 Å². The average Bonchev–Trinajstić information content (AvgIpc) is 2.53. The molecule has 1 aromatic rings. The van der Waals surface area contributed by atoms with Crippen molar-refractivity contribution in [3.63, 3.8) is 0 Å². The van der Waals surface area contributed by atoms with Gasteiger partial charge in [0, 0.05) is 16.8 Å². The zero-order chi connectivity index (χ0) is 13.4. The number of para-hydroxylation sites is 1. The Hall–Kier alpha value is -1.14. The van der Waals surface area contributed by atoms with Gasteiger partial charge in [-0.15, -0.1) is 0 Å². The van der Waals surface area contributed by atoms with Crippen LogP contribution in [-0.4, -0.2) is 30.5 Å². The molecule has 1 unspecified atom stereocenters. The predicted octanol–water partition coefficient (Wildman–Crippen LogP) is 1.31. The molecule has 0 saturated carbocycles. The SMILES string of the molecule is CC1(Nc2ccccc2C(N)=S)CCS(=O)(=O)C1. The zero-order valence-electron chi connectivity index (χ0n) is 10.1. The van der Waals surface area contributed by atoms with Crippen molar-refractivity contribution in [1.82, 2.24) is 0 Å². The molecule has 18 heavy (non-hydrogen) atoms. The molecule has 6 heteroatoms. The van der Waals surface area contributed by atoms with Crippen LogP contribution in [0.25, 0.3) is 0 Å². The highest BCUT2D eigenvalue weighted by atomic mass is 32.2. The van der Waals surface area contributed by atoms with Crippen LogP contribution in [0.2, 0.25) is 0 Å². The van der Waals surface area contributed by atoms with Gasteiger partial charge in [0.2, 0.25) is 0 Å². The Labute approximate surface area is 112 Å². The van der Waals surface area contributed by atoms with Gasteiger partial charge in [0.25, 0.3) is 0 Å². The molecule has 4 nitrogen and oxygen atoms in total. The molecule has 0 amide bonds. The number of anilines is 1. The van der Waals surface area contributed by atoms with Crippen molar-refractivity contribution in [1.29, 1.82) is 0 Å². The second-order valence-electron chi connectivity index (χ2n) is 4.94. The summed E-state index contributed by atoms with van der Waals surface area (Å²) in [5.41, 5.74) is 6.76. The summed E-state index contributed by atoms with van der Waals surface area (Å²) in [4.78, 5) is 0.308. The number of nitrogens with one attached hydrogen (secondary N) is 1. The van der Waals surface area contributed by atoms with Gasteiger partial charge in [-0.3, -0.25) is 0 Å². The maximum absolute atomic E-state index is 11.6. The van der Waals surface area contributed by atoms with Crippen molar-refractivity contribution in [2.45, 2.75) is 18.9 Å². The van der Waals surface area contributed by atoms with Crippen molar-refractivity contribution in [3.05, 3.63) is 29.8 Å². The van der Waals surface area contributed by atoms with E-state index in [1.54, 1.807) is 0 Å². The van der Waals surface area contributed by atoms with E-state index in [9.17, 15) is 8.42 Å². The van der Waals surface area contributed by atoms with Crippen LogP contribution in [0.15, 0.2) is 24.3 Å². The summed E-state index contributed by atoms with van der Waals surface area (Å²) in [6.07, 6.45) is 0.598. The highest BCUT2D eigenvalue weighted by Gasteiger charge is 2.38. The van der Waals surface area contributed by atoms with Crippen LogP contribution in [-0.2, 0) is 9.84 Å². The van der Waals surface area contributed by atoms with Crippen molar-refractivity contribution >= 4 is 32.7 Å². The topological polar surface area (TPSA) is 72.2 Å². The summed E-state index contributed by atoms with van der Waals surface area (Å²) in [7, 11) is -2.93. The van der Waals surface area contributed by atoms with Gasteiger partial charge < -0.3 is 11.1 Å². The normalized spacial score (nSPS) is 25.8. The van der Waals surface area contributed by atoms with E-state index >= 15 is 0 Å². The number of thiocarbonyl (C=S) groups is 1. The fourth-order valence-corrected chi connectivity index (χ4v) is 4.51. The molecule has 1 aliphatic heterocycles. The summed E-state index contributed by atoms with van der Waals surface area (Å²) >= 11 is 4.99. The zero-order valence-corrected chi connectivity index (χ0v) is 11.8. The molecule has 1 aliphatic rings. The van der Waals surface area contributed by atoms with E-state index in [0.29, 0.717) is 11.4 Å². The molecule has 1 fully saturated rings. The maximum Gasteiger partial charge on any atom is 0.152 e. The summed E-state index contributed by atoms with van der Waals surface area (Å²) in [6.45, 7) is 1.91. The van der Waals surface area contributed by atoms with Gasteiger partial charge >= 0.3 is 0 Å². The van der Waals surface area contributed by atoms with E-state index in [-0.39, 0.29) is 11.5 Å². The lowest BCUT2D eigenvalue weighted by Crippen LogP contribution is -2.36. The smallest absolute Gasteiger partial charge is 0.152 e. The van der Waals surface area contributed by atoms with Crippen molar-refractivity contribution in [3.8, 4) is 0 Å². The quantitative estimate of drug-likeness (QED) is 0.819. The number of rotatable bonds is 3.